The second kappa shape index (κ2) is 6.22. The van der Waals surface area contributed by atoms with Crippen LogP contribution in [0.2, 0.25) is 0 Å². The highest BCUT2D eigenvalue weighted by Gasteiger charge is 2.24. The Morgan fingerprint density at radius 2 is 2.06 bits per heavy atom. The second-order valence-corrected chi connectivity index (χ2v) is 3.63. The van der Waals surface area contributed by atoms with E-state index in [-0.39, 0.29) is 0 Å². The number of nitrogens with one attached hydrogen (secondary N) is 1. The quantitative estimate of drug-likeness (QED) is 0.681. The van der Waals surface area contributed by atoms with Crippen molar-refractivity contribution < 1.29 is 14.6 Å². The van der Waals surface area contributed by atoms with Crippen LogP contribution in [0.15, 0.2) is 24.3 Å². The number of benzene rings is 1. The third-order valence-corrected chi connectivity index (χ3v) is 2.51. The number of carboxylic acids is 1. The first-order valence-electron chi connectivity index (χ1n) is 5.48. The number of carbonyl (C=O) groups is 1. The number of aliphatic carboxylic acids is 1. The molecule has 2 unspecified atom stereocenters. The van der Waals surface area contributed by atoms with Crippen LogP contribution >= 0.6 is 0 Å². The monoisotopic (exact) mass is 238 g/mol. The van der Waals surface area contributed by atoms with E-state index in [2.05, 4.69) is 5.32 Å². The predicted molar refractivity (Wildman–Crippen MR) is 65.0 cm³/mol. The maximum Gasteiger partial charge on any atom is 0.322 e. The van der Waals surface area contributed by atoms with E-state index in [1.807, 2.05) is 6.92 Å². The Hall–Kier alpha value is -1.59. The molecule has 1 aromatic rings. The molecule has 0 aliphatic carbocycles. The molecule has 0 amide bonds. The van der Waals surface area contributed by atoms with Crippen LogP contribution in [0.4, 0.5) is 0 Å². The normalized spacial score (nSPS) is 14.1. The van der Waals surface area contributed by atoms with E-state index in [1.165, 1.54) is 0 Å². The molecule has 1 rings (SSSR count). The van der Waals surface area contributed by atoms with E-state index < -0.39 is 18.1 Å². The van der Waals surface area contributed by atoms with Gasteiger partial charge in [0.1, 0.15) is 11.8 Å². The maximum atomic E-state index is 10.9. The van der Waals surface area contributed by atoms with Gasteiger partial charge in [0.2, 0.25) is 0 Å². The Bertz CT molecular complexity index is 365. The van der Waals surface area contributed by atoms with Gasteiger partial charge in [-0.3, -0.25) is 4.79 Å². The van der Waals surface area contributed by atoms with Crippen LogP contribution in [0.1, 0.15) is 18.5 Å². The zero-order chi connectivity index (χ0) is 12.8. The highest BCUT2D eigenvalue weighted by atomic mass is 16.5. The Balaban J connectivity index is 2.81. The van der Waals surface area contributed by atoms with Crippen molar-refractivity contribution in [1.82, 2.24) is 5.32 Å². The molecule has 0 heterocycles. The largest absolute Gasteiger partial charge is 0.494 e. The fourth-order valence-electron chi connectivity index (χ4n) is 1.60. The first-order chi connectivity index (χ1) is 8.10. The minimum Gasteiger partial charge on any atom is -0.494 e. The summed E-state index contributed by atoms with van der Waals surface area (Å²) in [5.74, 6) is -0.214. The summed E-state index contributed by atoms with van der Waals surface area (Å²) in [5.41, 5.74) is 6.65. The van der Waals surface area contributed by atoms with Crippen LogP contribution < -0.4 is 15.8 Å². The zero-order valence-electron chi connectivity index (χ0n) is 10.0. The Morgan fingerprint density at radius 1 is 1.47 bits per heavy atom. The average Bonchev–Trinajstić information content (AvgIpc) is 2.30. The highest BCUT2D eigenvalue weighted by Crippen LogP contribution is 2.18. The third kappa shape index (κ3) is 3.44. The molecule has 0 aliphatic rings. The van der Waals surface area contributed by atoms with Crippen molar-refractivity contribution in [3.05, 3.63) is 29.8 Å². The molecule has 0 saturated carbocycles. The van der Waals surface area contributed by atoms with Crippen LogP contribution in [-0.4, -0.2) is 30.8 Å². The summed E-state index contributed by atoms with van der Waals surface area (Å²) < 4.78 is 5.30. The van der Waals surface area contributed by atoms with Gasteiger partial charge in [-0.25, -0.2) is 0 Å². The van der Waals surface area contributed by atoms with Crippen LogP contribution in [-0.2, 0) is 4.79 Å². The Kier molecular flexibility index (Phi) is 4.93. The number of nitrogens with two attached hydrogens (primary N) is 1. The van der Waals surface area contributed by atoms with E-state index in [1.54, 1.807) is 31.3 Å². The second-order valence-electron chi connectivity index (χ2n) is 3.63. The van der Waals surface area contributed by atoms with Crippen molar-refractivity contribution in [2.75, 3.05) is 13.7 Å². The van der Waals surface area contributed by atoms with Gasteiger partial charge >= 0.3 is 5.97 Å². The summed E-state index contributed by atoms with van der Waals surface area (Å²) in [6, 6.07) is 5.74. The molecule has 0 spiro atoms. The average molecular weight is 238 g/mol. The number of likely N-dealkylation sites (N-methyl/N-ethyl adjacent to an activating group) is 1. The van der Waals surface area contributed by atoms with Gasteiger partial charge in [-0.15, -0.1) is 0 Å². The van der Waals surface area contributed by atoms with Gasteiger partial charge in [0.15, 0.2) is 0 Å². The maximum absolute atomic E-state index is 10.9. The van der Waals surface area contributed by atoms with Gasteiger partial charge in [0.05, 0.1) is 12.6 Å². The zero-order valence-corrected chi connectivity index (χ0v) is 10.0. The lowest BCUT2D eigenvalue weighted by atomic mass is 10.0. The number of hydrogen-bond donors (Lipinski definition) is 3. The molecule has 0 bridgehead atoms. The van der Waals surface area contributed by atoms with Crippen LogP contribution in [0.3, 0.4) is 0 Å². The number of hydrogen-bond acceptors (Lipinski definition) is 4. The molecule has 0 radical (unpaired) electrons. The summed E-state index contributed by atoms with van der Waals surface area (Å²) in [6.07, 6.45) is 0. The molecule has 2 atom stereocenters. The number of carboxylic acid groups (broad SMARTS) is 1. The minimum absolute atomic E-state index is 0.590. The van der Waals surface area contributed by atoms with Gasteiger partial charge in [0, 0.05) is 0 Å². The lowest BCUT2D eigenvalue weighted by Crippen LogP contribution is -2.43. The molecule has 0 aliphatic heterocycles. The Morgan fingerprint density at radius 3 is 2.47 bits per heavy atom. The van der Waals surface area contributed by atoms with E-state index in [9.17, 15) is 4.79 Å². The van der Waals surface area contributed by atoms with E-state index in [4.69, 9.17) is 15.6 Å². The van der Waals surface area contributed by atoms with Crippen molar-refractivity contribution >= 4 is 5.97 Å². The van der Waals surface area contributed by atoms with E-state index >= 15 is 0 Å². The van der Waals surface area contributed by atoms with Gasteiger partial charge in [-0.1, -0.05) is 12.1 Å². The lowest BCUT2D eigenvalue weighted by molar-refractivity contribution is -0.139. The standard InChI is InChI=1S/C12H18N2O3/c1-3-17-9-6-4-8(5-7-9)10(13)11(14-2)12(15)16/h4-7,10-11,14H,3,13H2,1-2H3,(H,15,16). The third-order valence-electron chi connectivity index (χ3n) is 2.51. The smallest absolute Gasteiger partial charge is 0.322 e. The molecule has 1 aromatic carbocycles. The van der Waals surface area contributed by atoms with Gasteiger partial charge in [-0.05, 0) is 31.7 Å². The van der Waals surface area contributed by atoms with Gasteiger partial charge in [0.25, 0.3) is 0 Å². The summed E-state index contributed by atoms with van der Waals surface area (Å²) in [5, 5.41) is 11.7. The molecule has 5 heteroatoms. The Labute approximate surface area is 101 Å². The van der Waals surface area contributed by atoms with E-state index in [0.717, 1.165) is 11.3 Å². The molecule has 17 heavy (non-hydrogen) atoms. The molecular weight excluding hydrogens is 220 g/mol. The van der Waals surface area contributed by atoms with Crippen molar-refractivity contribution in [1.29, 1.82) is 0 Å². The summed E-state index contributed by atoms with van der Waals surface area (Å²) in [6.45, 7) is 2.50. The van der Waals surface area contributed by atoms with Crippen LogP contribution in [0.25, 0.3) is 0 Å². The van der Waals surface area contributed by atoms with Gasteiger partial charge < -0.3 is 20.9 Å². The summed E-state index contributed by atoms with van der Waals surface area (Å²) in [7, 11) is 1.58. The molecule has 94 valence electrons. The van der Waals surface area contributed by atoms with Crippen molar-refractivity contribution in [2.45, 2.75) is 19.0 Å². The molecule has 0 fully saturated rings. The fourth-order valence-corrected chi connectivity index (χ4v) is 1.60. The minimum atomic E-state index is -0.964. The topological polar surface area (TPSA) is 84.6 Å². The number of rotatable bonds is 6. The van der Waals surface area contributed by atoms with Crippen molar-refractivity contribution in [3.63, 3.8) is 0 Å². The molecule has 0 aromatic heterocycles. The predicted octanol–water partition coefficient (Wildman–Crippen LogP) is 0.758. The van der Waals surface area contributed by atoms with Gasteiger partial charge in [-0.2, -0.15) is 0 Å². The van der Waals surface area contributed by atoms with Crippen LogP contribution in [0, 0.1) is 0 Å². The molecule has 0 saturated heterocycles. The SMILES string of the molecule is CCOc1ccc(C(N)C(NC)C(=O)O)cc1. The number of ether oxygens (including phenoxy) is 1. The molecule has 5 nitrogen and oxygen atoms in total. The summed E-state index contributed by atoms with van der Waals surface area (Å²) in [4.78, 5) is 10.9. The highest BCUT2D eigenvalue weighted by molar-refractivity contribution is 5.74. The molecular formula is C12H18N2O3. The van der Waals surface area contributed by atoms with Crippen molar-refractivity contribution in [2.24, 2.45) is 5.73 Å². The summed E-state index contributed by atoms with van der Waals surface area (Å²) >= 11 is 0. The fraction of sp³-hybridized carbons (Fsp3) is 0.417. The molecule has 4 N–H and O–H groups in total. The van der Waals surface area contributed by atoms with Crippen LogP contribution in [0.5, 0.6) is 5.75 Å². The van der Waals surface area contributed by atoms with Crippen molar-refractivity contribution in [3.8, 4) is 5.75 Å². The first-order valence-corrected chi connectivity index (χ1v) is 5.48. The first kappa shape index (κ1) is 13.5. The van der Waals surface area contributed by atoms with E-state index in [0.29, 0.717) is 6.61 Å². The lowest BCUT2D eigenvalue weighted by Gasteiger charge is -2.20.